The van der Waals surface area contributed by atoms with Crippen molar-refractivity contribution < 1.29 is 8.78 Å². The maximum atomic E-state index is 13.4. The summed E-state index contributed by atoms with van der Waals surface area (Å²) in [6, 6.07) is 0.775. The maximum Gasteiger partial charge on any atom is 0.194 e. The summed E-state index contributed by atoms with van der Waals surface area (Å²) in [6.07, 6.45) is 4.11. The molecule has 0 spiro atoms. The highest BCUT2D eigenvalue weighted by Gasteiger charge is 2.07. The minimum atomic E-state index is -0.738. The fourth-order valence-electron chi connectivity index (χ4n) is 1.29. The zero-order chi connectivity index (χ0) is 13.8. The van der Waals surface area contributed by atoms with Crippen molar-refractivity contribution in [1.82, 2.24) is 19.7 Å². The van der Waals surface area contributed by atoms with Gasteiger partial charge in [0.05, 0.1) is 6.20 Å². The monoisotopic (exact) mass is 280 g/mol. The van der Waals surface area contributed by atoms with Crippen molar-refractivity contribution in [1.29, 1.82) is 0 Å². The first-order valence-corrected chi connectivity index (χ1v) is 6.13. The fraction of sp³-hybridized carbons (Fsp3) is 0.0833. The van der Waals surface area contributed by atoms with Crippen molar-refractivity contribution in [2.24, 2.45) is 7.05 Å². The van der Waals surface area contributed by atoms with Gasteiger partial charge in [0.25, 0.3) is 0 Å². The van der Waals surface area contributed by atoms with Crippen LogP contribution in [0.4, 0.5) is 8.78 Å². The van der Waals surface area contributed by atoms with Crippen LogP contribution in [0.2, 0.25) is 0 Å². The third-order valence-electron chi connectivity index (χ3n) is 2.22. The minimum absolute atomic E-state index is 0.0243. The minimum Gasteiger partial charge on any atom is -0.312 e. The number of rotatable bonds is 4. The van der Waals surface area contributed by atoms with Gasteiger partial charge in [-0.05, 0) is 17.1 Å². The molecule has 0 aliphatic carbocycles. The lowest BCUT2D eigenvalue weighted by atomic mass is 10.2. The number of hydrogen-bond donors (Lipinski definition) is 0. The molecule has 0 aliphatic rings. The van der Waals surface area contributed by atoms with E-state index in [1.165, 1.54) is 11.8 Å². The van der Waals surface area contributed by atoms with E-state index < -0.39 is 11.6 Å². The van der Waals surface area contributed by atoms with Crippen molar-refractivity contribution in [2.75, 3.05) is 0 Å². The summed E-state index contributed by atoms with van der Waals surface area (Å²) >= 11 is 1.31. The molecule has 2 aromatic heterocycles. The predicted octanol–water partition coefficient (Wildman–Crippen LogP) is 2.81. The van der Waals surface area contributed by atoms with Crippen molar-refractivity contribution in [2.45, 2.75) is 5.16 Å². The van der Waals surface area contributed by atoms with E-state index in [9.17, 15) is 8.78 Å². The number of thioether (sulfide) groups is 1. The van der Waals surface area contributed by atoms with Crippen LogP contribution in [0.5, 0.6) is 0 Å². The van der Waals surface area contributed by atoms with Crippen LogP contribution in [0.1, 0.15) is 5.69 Å². The van der Waals surface area contributed by atoms with Gasteiger partial charge >= 0.3 is 0 Å². The standard InChI is InChI=1S/C12H10F2N4S/c1-8(11-10(14)5-9(13)6-15-11)3-4-19-12-17-16-7-18(12)2/h3-7H,1H2,2H3/b4-3+. The average molecular weight is 280 g/mol. The summed E-state index contributed by atoms with van der Waals surface area (Å²) in [7, 11) is 1.81. The molecule has 0 N–H and O–H groups in total. The molecule has 0 amide bonds. The largest absolute Gasteiger partial charge is 0.312 e. The summed E-state index contributed by atoms with van der Waals surface area (Å²) in [6.45, 7) is 3.69. The zero-order valence-electron chi connectivity index (χ0n) is 10.0. The lowest BCUT2D eigenvalue weighted by molar-refractivity contribution is 0.570. The maximum absolute atomic E-state index is 13.4. The number of allylic oxidation sites excluding steroid dienone is 2. The molecular weight excluding hydrogens is 270 g/mol. The van der Waals surface area contributed by atoms with Crippen molar-refractivity contribution >= 4 is 17.3 Å². The van der Waals surface area contributed by atoms with Crippen LogP contribution < -0.4 is 0 Å². The van der Waals surface area contributed by atoms with Crippen LogP contribution in [0.25, 0.3) is 5.57 Å². The van der Waals surface area contributed by atoms with E-state index >= 15 is 0 Å². The Morgan fingerprint density at radius 1 is 1.47 bits per heavy atom. The second kappa shape index (κ2) is 5.75. The van der Waals surface area contributed by atoms with Crippen LogP contribution in [-0.4, -0.2) is 19.7 Å². The molecule has 0 bridgehead atoms. The summed E-state index contributed by atoms with van der Waals surface area (Å²) in [5.41, 5.74) is 0.378. The molecule has 7 heteroatoms. The topological polar surface area (TPSA) is 43.6 Å². The molecule has 0 saturated heterocycles. The first-order valence-electron chi connectivity index (χ1n) is 5.25. The van der Waals surface area contributed by atoms with Gasteiger partial charge in [-0.2, -0.15) is 0 Å². The highest BCUT2D eigenvalue weighted by Crippen LogP contribution is 2.20. The molecule has 98 valence electrons. The Bertz CT molecular complexity index is 636. The summed E-state index contributed by atoms with van der Waals surface area (Å²) in [5, 5.41) is 9.98. The summed E-state index contributed by atoms with van der Waals surface area (Å²) < 4.78 is 27.9. The normalized spacial score (nSPS) is 11.1. The molecule has 0 saturated carbocycles. The molecule has 0 radical (unpaired) electrons. The molecule has 2 heterocycles. The van der Waals surface area contributed by atoms with E-state index in [2.05, 4.69) is 21.8 Å². The predicted molar refractivity (Wildman–Crippen MR) is 69.2 cm³/mol. The van der Waals surface area contributed by atoms with Gasteiger partial charge in [0.15, 0.2) is 11.0 Å². The van der Waals surface area contributed by atoms with Gasteiger partial charge in [-0.15, -0.1) is 10.2 Å². The Kier molecular flexibility index (Phi) is 4.06. The van der Waals surface area contributed by atoms with Gasteiger partial charge in [0, 0.05) is 13.1 Å². The van der Waals surface area contributed by atoms with Crippen molar-refractivity contribution in [3.8, 4) is 0 Å². The number of halogens is 2. The molecule has 2 rings (SSSR count). The van der Waals surface area contributed by atoms with Crippen LogP contribution in [0, 0.1) is 11.6 Å². The van der Waals surface area contributed by atoms with Gasteiger partial charge in [0.2, 0.25) is 0 Å². The number of pyridine rings is 1. The highest BCUT2D eigenvalue weighted by molar-refractivity contribution is 8.02. The average Bonchev–Trinajstić information content (AvgIpc) is 2.75. The zero-order valence-corrected chi connectivity index (χ0v) is 10.9. The molecule has 4 nitrogen and oxygen atoms in total. The van der Waals surface area contributed by atoms with Crippen molar-refractivity contribution in [3.63, 3.8) is 0 Å². The Balaban J connectivity index is 2.07. The number of nitrogens with zero attached hydrogens (tertiary/aromatic N) is 4. The summed E-state index contributed by atoms with van der Waals surface area (Å²) in [5.74, 6) is -1.45. The third kappa shape index (κ3) is 3.25. The van der Waals surface area contributed by atoms with Gasteiger partial charge in [-0.25, -0.2) is 8.78 Å². The Morgan fingerprint density at radius 3 is 2.89 bits per heavy atom. The molecule has 0 atom stereocenters. The van der Waals surface area contributed by atoms with Gasteiger partial charge in [-0.3, -0.25) is 4.98 Å². The lowest BCUT2D eigenvalue weighted by Gasteiger charge is -2.01. The second-order valence-corrected chi connectivity index (χ2v) is 4.53. The molecule has 0 aliphatic heterocycles. The number of hydrogen-bond acceptors (Lipinski definition) is 4. The van der Waals surface area contributed by atoms with Crippen LogP contribution in [-0.2, 0) is 7.05 Å². The molecule has 19 heavy (non-hydrogen) atoms. The SMILES string of the molecule is C=C(/C=C/Sc1nncn1C)c1ncc(F)cc1F. The Morgan fingerprint density at radius 2 is 2.26 bits per heavy atom. The number of aromatic nitrogens is 4. The lowest BCUT2D eigenvalue weighted by Crippen LogP contribution is -1.93. The highest BCUT2D eigenvalue weighted by atomic mass is 32.2. The Labute approximate surface area is 112 Å². The van der Waals surface area contributed by atoms with E-state index in [1.54, 1.807) is 22.4 Å². The van der Waals surface area contributed by atoms with Gasteiger partial charge < -0.3 is 4.57 Å². The van der Waals surface area contributed by atoms with E-state index in [0.29, 0.717) is 10.7 Å². The molecule has 0 aromatic carbocycles. The molecule has 0 unspecified atom stereocenters. The number of aryl methyl sites for hydroxylation is 1. The van der Waals surface area contributed by atoms with Gasteiger partial charge in [-0.1, -0.05) is 18.3 Å². The molecule has 2 aromatic rings. The first kappa shape index (κ1) is 13.4. The first-order chi connectivity index (χ1) is 9.08. The fourth-order valence-corrected chi connectivity index (χ4v) is 1.95. The Hall–Kier alpha value is -2.02. The molecular formula is C12H10F2N4S. The van der Waals surface area contributed by atoms with E-state index in [0.717, 1.165) is 12.3 Å². The second-order valence-electron chi connectivity index (χ2n) is 3.65. The van der Waals surface area contributed by atoms with Crippen LogP contribution >= 0.6 is 11.8 Å². The van der Waals surface area contributed by atoms with Crippen LogP contribution in [0.15, 0.2) is 41.8 Å². The van der Waals surface area contributed by atoms with Crippen LogP contribution in [0.3, 0.4) is 0 Å². The third-order valence-corrected chi connectivity index (χ3v) is 3.08. The van der Waals surface area contributed by atoms with Crippen molar-refractivity contribution in [3.05, 3.63) is 54.0 Å². The summed E-state index contributed by atoms with van der Waals surface area (Å²) in [4.78, 5) is 3.67. The van der Waals surface area contributed by atoms with Gasteiger partial charge in [0.1, 0.15) is 17.8 Å². The van der Waals surface area contributed by atoms with E-state index in [4.69, 9.17) is 0 Å². The van der Waals surface area contributed by atoms with E-state index in [1.807, 2.05) is 7.05 Å². The molecule has 0 fully saturated rings. The quantitative estimate of drug-likeness (QED) is 0.638. The van der Waals surface area contributed by atoms with E-state index in [-0.39, 0.29) is 5.69 Å². The smallest absolute Gasteiger partial charge is 0.194 e.